The first-order valence-corrected chi connectivity index (χ1v) is 18.6. The van der Waals surface area contributed by atoms with E-state index < -0.39 is 0 Å². The van der Waals surface area contributed by atoms with E-state index in [1.807, 2.05) is 12.2 Å². The van der Waals surface area contributed by atoms with E-state index in [1.165, 1.54) is 44.2 Å². The summed E-state index contributed by atoms with van der Waals surface area (Å²) in [6.07, 6.45) is 12.3. The highest BCUT2D eigenvalue weighted by molar-refractivity contribution is 5.99. The quantitative estimate of drug-likeness (QED) is 0.165. The molecule has 7 aromatic carbocycles. The zero-order valence-electron chi connectivity index (χ0n) is 30.0. The third-order valence-corrected chi connectivity index (χ3v) is 10.3. The topological polar surface area (TPSA) is 12.5 Å². The lowest BCUT2D eigenvalue weighted by molar-refractivity contribution is 0.391. The minimum Gasteiger partial charge on any atom is -0.456 e. The lowest BCUT2D eigenvalue weighted by atomic mass is 9.93. The van der Waals surface area contributed by atoms with Crippen molar-refractivity contribution in [2.75, 3.05) is 4.90 Å². The van der Waals surface area contributed by atoms with Gasteiger partial charge >= 0.3 is 0 Å². The monoisotopic (exact) mass is 693 g/mol. The molecule has 9 rings (SSSR count). The molecule has 0 N–H and O–H groups in total. The Bertz CT molecular complexity index is 2540. The van der Waals surface area contributed by atoms with E-state index in [4.69, 9.17) is 4.74 Å². The minimum atomic E-state index is 0.818. The SMILES string of the molecule is C=C1/C=C\C=C(\c2ccc(N(c3ccc(-c4cc(-c5ccccc5)cc(-c5ccccc5)c4)cc3)c3cccc4ccccc34)cc2)OC2=C1CCC=C2. The highest BCUT2D eigenvalue weighted by Gasteiger charge is 2.19. The van der Waals surface area contributed by atoms with Gasteiger partial charge in [-0.15, -0.1) is 0 Å². The molecule has 0 fully saturated rings. The molecule has 0 saturated heterocycles. The number of fused-ring (bicyclic) bond motifs is 1. The van der Waals surface area contributed by atoms with E-state index in [-0.39, 0.29) is 0 Å². The lowest BCUT2D eigenvalue weighted by Crippen LogP contribution is -2.10. The molecule has 1 heterocycles. The van der Waals surface area contributed by atoms with Gasteiger partial charge in [-0.3, -0.25) is 0 Å². The molecule has 0 unspecified atom stereocenters. The third kappa shape index (κ3) is 6.62. The number of rotatable bonds is 7. The molecule has 7 aromatic rings. The summed E-state index contributed by atoms with van der Waals surface area (Å²) in [6.45, 7) is 4.27. The van der Waals surface area contributed by atoms with E-state index in [0.717, 1.165) is 58.1 Å². The van der Waals surface area contributed by atoms with Gasteiger partial charge in [-0.25, -0.2) is 0 Å². The summed E-state index contributed by atoms with van der Waals surface area (Å²) >= 11 is 0. The predicted molar refractivity (Wildman–Crippen MR) is 228 cm³/mol. The zero-order valence-corrected chi connectivity index (χ0v) is 30.0. The maximum atomic E-state index is 6.54. The number of allylic oxidation sites excluding steroid dienone is 7. The van der Waals surface area contributed by atoms with Crippen molar-refractivity contribution in [3.05, 3.63) is 229 Å². The van der Waals surface area contributed by atoms with Crippen LogP contribution in [0.15, 0.2) is 224 Å². The Kier molecular flexibility index (Phi) is 8.92. The van der Waals surface area contributed by atoms with Crippen LogP contribution >= 0.6 is 0 Å². The molecule has 0 bridgehead atoms. The van der Waals surface area contributed by atoms with Gasteiger partial charge in [0.1, 0.15) is 11.5 Å². The fourth-order valence-electron chi connectivity index (χ4n) is 7.51. The fourth-order valence-corrected chi connectivity index (χ4v) is 7.51. The molecule has 0 saturated carbocycles. The molecular weight excluding hydrogens is 655 g/mol. The van der Waals surface area contributed by atoms with Gasteiger partial charge in [0, 0.05) is 27.9 Å². The van der Waals surface area contributed by atoms with Gasteiger partial charge in [0.25, 0.3) is 0 Å². The summed E-state index contributed by atoms with van der Waals surface area (Å²) in [6, 6.07) is 61.0. The van der Waals surface area contributed by atoms with Crippen molar-refractivity contribution in [1.82, 2.24) is 0 Å². The molecule has 258 valence electrons. The Labute approximate surface area is 317 Å². The van der Waals surface area contributed by atoms with Gasteiger partial charge in [0.05, 0.1) is 5.69 Å². The first-order valence-electron chi connectivity index (χ1n) is 18.6. The van der Waals surface area contributed by atoms with Gasteiger partial charge in [-0.05, 0) is 130 Å². The fraction of sp³-hybridized carbons (Fsp3) is 0.0385. The standard InChI is InChI=1S/C52H39NO/c1-37-14-12-25-51(54-52-24-11-10-21-48(37)52)42-28-32-47(33-29-42)53(50-23-13-20-41-19-8-9-22-49(41)50)46-30-26-40(27-31-46)45-35-43(38-15-4-2-5-16-38)34-44(36-45)39-17-6-3-7-18-39/h2-9,11-20,22-36H,1,10,21H2/b14-12-,51-25-. The average molecular weight is 694 g/mol. The molecule has 0 atom stereocenters. The summed E-state index contributed by atoms with van der Waals surface area (Å²) in [5.74, 6) is 1.70. The number of hydrogen-bond donors (Lipinski definition) is 0. The smallest absolute Gasteiger partial charge is 0.134 e. The largest absolute Gasteiger partial charge is 0.456 e. The Morgan fingerprint density at radius 2 is 1.06 bits per heavy atom. The van der Waals surface area contributed by atoms with Crippen molar-refractivity contribution in [3.8, 4) is 33.4 Å². The van der Waals surface area contributed by atoms with Crippen molar-refractivity contribution >= 4 is 33.6 Å². The second-order valence-electron chi connectivity index (χ2n) is 13.8. The molecule has 2 aliphatic rings. The van der Waals surface area contributed by atoms with Crippen LogP contribution in [0.5, 0.6) is 0 Å². The van der Waals surface area contributed by atoms with E-state index in [9.17, 15) is 0 Å². The second kappa shape index (κ2) is 14.6. The van der Waals surface area contributed by atoms with Crippen LogP contribution in [-0.4, -0.2) is 0 Å². The summed E-state index contributed by atoms with van der Waals surface area (Å²) in [5.41, 5.74) is 13.6. The Hall–Kier alpha value is -6.90. The van der Waals surface area contributed by atoms with Crippen molar-refractivity contribution in [2.24, 2.45) is 0 Å². The van der Waals surface area contributed by atoms with Crippen molar-refractivity contribution in [1.29, 1.82) is 0 Å². The second-order valence-corrected chi connectivity index (χ2v) is 13.8. The highest BCUT2D eigenvalue weighted by atomic mass is 16.5. The maximum Gasteiger partial charge on any atom is 0.134 e. The summed E-state index contributed by atoms with van der Waals surface area (Å²) in [4.78, 5) is 2.35. The molecular formula is C52H39NO. The lowest BCUT2D eigenvalue weighted by Gasteiger charge is -2.27. The Balaban J connectivity index is 1.11. The van der Waals surface area contributed by atoms with E-state index in [0.29, 0.717) is 0 Å². The van der Waals surface area contributed by atoms with E-state index in [2.05, 4.69) is 200 Å². The summed E-state index contributed by atoms with van der Waals surface area (Å²) in [5, 5.41) is 2.39. The van der Waals surface area contributed by atoms with Crippen molar-refractivity contribution in [2.45, 2.75) is 12.8 Å². The number of ether oxygens (including phenoxy) is 1. The molecule has 2 heteroatoms. The molecule has 2 nitrogen and oxygen atoms in total. The van der Waals surface area contributed by atoms with Crippen LogP contribution in [0.2, 0.25) is 0 Å². The van der Waals surface area contributed by atoms with Crippen LogP contribution in [-0.2, 0) is 4.74 Å². The van der Waals surface area contributed by atoms with Crippen LogP contribution < -0.4 is 4.90 Å². The zero-order chi connectivity index (χ0) is 36.3. The Morgan fingerprint density at radius 3 is 1.70 bits per heavy atom. The number of benzene rings is 7. The molecule has 0 radical (unpaired) electrons. The van der Waals surface area contributed by atoms with Gasteiger partial charge < -0.3 is 9.64 Å². The molecule has 0 aromatic heterocycles. The van der Waals surface area contributed by atoms with Gasteiger partial charge in [-0.2, -0.15) is 0 Å². The molecule has 1 aliphatic heterocycles. The minimum absolute atomic E-state index is 0.818. The van der Waals surface area contributed by atoms with E-state index in [1.54, 1.807) is 0 Å². The number of anilines is 3. The summed E-state index contributed by atoms with van der Waals surface area (Å²) in [7, 11) is 0. The van der Waals surface area contributed by atoms with Crippen LogP contribution in [0, 0.1) is 0 Å². The third-order valence-electron chi connectivity index (χ3n) is 10.3. The van der Waals surface area contributed by atoms with Crippen molar-refractivity contribution < 1.29 is 4.74 Å². The van der Waals surface area contributed by atoms with Crippen molar-refractivity contribution in [3.63, 3.8) is 0 Å². The molecule has 0 spiro atoms. The van der Waals surface area contributed by atoms with Crippen LogP contribution in [0.4, 0.5) is 17.1 Å². The number of nitrogens with zero attached hydrogens (tertiary/aromatic N) is 1. The van der Waals surface area contributed by atoms with Gasteiger partial charge in [0.15, 0.2) is 0 Å². The van der Waals surface area contributed by atoms with Gasteiger partial charge in [0.2, 0.25) is 0 Å². The van der Waals surface area contributed by atoms with Crippen LogP contribution in [0.3, 0.4) is 0 Å². The van der Waals surface area contributed by atoms with Gasteiger partial charge in [-0.1, -0.05) is 134 Å². The molecule has 54 heavy (non-hydrogen) atoms. The predicted octanol–water partition coefficient (Wildman–Crippen LogP) is 14.4. The Morgan fingerprint density at radius 1 is 0.500 bits per heavy atom. The first kappa shape index (κ1) is 33.0. The first-order chi connectivity index (χ1) is 26.7. The average Bonchev–Trinajstić information content (AvgIpc) is 3.24. The van der Waals surface area contributed by atoms with E-state index >= 15 is 0 Å². The molecule has 0 amide bonds. The normalized spacial score (nSPS) is 15.4. The number of hydrogen-bond acceptors (Lipinski definition) is 2. The summed E-state index contributed by atoms with van der Waals surface area (Å²) < 4.78 is 6.54. The maximum absolute atomic E-state index is 6.54. The van der Waals surface area contributed by atoms with Crippen LogP contribution in [0.1, 0.15) is 18.4 Å². The van der Waals surface area contributed by atoms with Crippen LogP contribution in [0.25, 0.3) is 49.9 Å². The highest BCUT2D eigenvalue weighted by Crippen LogP contribution is 2.41. The molecule has 1 aliphatic carbocycles.